The molecule has 2 aliphatic heterocycles. The molecule has 4 heterocycles. The summed E-state index contributed by atoms with van der Waals surface area (Å²) in [6.07, 6.45) is 5.12. The molecular weight excluding hydrogens is 486 g/mol. The molecule has 12 heteroatoms. The van der Waals surface area contributed by atoms with Crippen molar-refractivity contribution in [3.8, 4) is 17.4 Å². The number of anilines is 1. The van der Waals surface area contributed by atoms with E-state index in [-0.39, 0.29) is 29.4 Å². The van der Waals surface area contributed by atoms with Crippen LogP contribution in [0, 0.1) is 0 Å². The van der Waals surface area contributed by atoms with Crippen molar-refractivity contribution in [3.05, 3.63) is 53.7 Å². The molecule has 0 saturated carbocycles. The van der Waals surface area contributed by atoms with E-state index in [1.165, 1.54) is 6.92 Å². The van der Waals surface area contributed by atoms with Gasteiger partial charge in [-0.15, -0.1) is 0 Å². The molecule has 1 saturated heterocycles. The molecule has 36 heavy (non-hydrogen) atoms. The number of halogens is 1. The largest absolute Gasteiger partial charge is 0.486 e. The van der Waals surface area contributed by atoms with Crippen LogP contribution in [0.5, 0.6) is 11.5 Å². The van der Waals surface area contributed by atoms with Gasteiger partial charge in [-0.25, -0.2) is 9.97 Å². The first-order valence-electron chi connectivity index (χ1n) is 11.7. The van der Waals surface area contributed by atoms with E-state index in [9.17, 15) is 9.59 Å². The standard InChI is InChI=1S/C24H26ClN7O4/c1-16(33)30-6-7-32(22-12-21(25)28-24(29-22)31-5-4-26-15-31)18(14-30)11-23(34)27-13-17-2-3-19-20(10-17)36-9-8-35-19/h2-5,10,12,15,18H,6-9,11,13-14H2,1H3,(H,27,34). The molecule has 1 unspecified atom stereocenters. The van der Waals surface area contributed by atoms with Gasteiger partial charge in [0.1, 0.15) is 30.5 Å². The minimum Gasteiger partial charge on any atom is -0.486 e. The van der Waals surface area contributed by atoms with Crippen LogP contribution in [-0.2, 0) is 16.1 Å². The monoisotopic (exact) mass is 511 g/mol. The molecule has 0 spiro atoms. The fourth-order valence-electron chi connectivity index (χ4n) is 4.34. The van der Waals surface area contributed by atoms with E-state index >= 15 is 0 Å². The molecule has 2 amide bonds. The second kappa shape index (κ2) is 10.4. The number of hydrogen-bond acceptors (Lipinski definition) is 8. The zero-order valence-electron chi connectivity index (χ0n) is 19.8. The molecule has 188 valence electrons. The molecular formula is C24H26ClN7O4. The lowest BCUT2D eigenvalue weighted by Crippen LogP contribution is -2.56. The first-order valence-corrected chi connectivity index (χ1v) is 12.0. The topological polar surface area (TPSA) is 115 Å². The highest BCUT2D eigenvalue weighted by Gasteiger charge is 2.31. The normalized spacial score (nSPS) is 17.1. The van der Waals surface area contributed by atoms with Crippen molar-refractivity contribution in [1.82, 2.24) is 29.7 Å². The Labute approximate surface area is 213 Å². The number of nitrogens with zero attached hydrogens (tertiary/aromatic N) is 6. The maximum absolute atomic E-state index is 13.0. The third kappa shape index (κ3) is 5.35. The van der Waals surface area contributed by atoms with Gasteiger partial charge in [0.05, 0.1) is 6.04 Å². The predicted molar refractivity (Wildman–Crippen MR) is 131 cm³/mol. The van der Waals surface area contributed by atoms with Crippen LogP contribution in [-0.4, -0.2) is 75.1 Å². The highest BCUT2D eigenvalue weighted by molar-refractivity contribution is 6.29. The number of nitrogens with one attached hydrogen (secondary N) is 1. The van der Waals surface area contributed by atoms with Gasteiger partial charge in [0.2, 0.25) is 17.8 Å². The lowest BCUT2D eigenvalue weighted by Gasteiger charge is -2.41. The summed E-state index contributed by atoms with van der Waals surface area (Å²) in [5.74, 6) is 2.18. The number of carbonyl (C=O) groups is 2. The first kappa shape index (κ1) is 23.9. The van der Waals surface area contributed by atoms with Crippen molar-refractivity contribution >= 4 is 29.2 Å². The molecule has 0 bridgehead atoms. The van der Waals surface area contributed by atoms with E-state index in [4.69, 9.17) is 21.1 Å². The zero-order chi connectivity index (χ0) is 25.1. The van der Waals surface area contributed by atoms with E-state index in [0.717, 1.165) is 5.56 Å². The SMILES string of the molecule is CC(=O)N1CCN(c2cc(Cl)nc(-n3ccnc3)n2)C(CC(=O)NCc2ccc3c(c2)OCCO3)C1. The second-order valence-corrected chi connectivity index (χ2v) is 8.98. The van der Waals surface area contributed by atoms with Crippen molar-refractivity contribution in [2.45, 2.75) is 25.9 Å². The van der Waals surface area contributed by atoms with Crippen LogP contribution >= 0.6 is 11.6 Å². The van der Waals surface area contributed by atoms with Gasteiger partial charge in [-0.3, -0.25) is 14.2 Å². The molecule has 5 rings (SSSR count). The Bertz CT molecular complexity index is 1250. The summed E-state index contributed by atoms with van der Waals surface area (Å²) in [6, 6.07) is 7.01. The Morgan fingerprint density at radius 2 is 1.97 bits per heavy atom. The fourth-order valence-corrected chi connectivity index (χ4v) is 4.51. The Balaban J connectivity index is 1.31. The maximum Gasteiger partial charge on any atom is 0.238 e. The number of piperazine rings is 1. The van der Waals surface area contributed by atoms with Crippen molar-refractivity contribution < 1.29 is 19.1 Å². The van der Waals surface area contributed by atoms with Gasteiger partial charge >= 0.3 is 0 Å². The predicted octanol–water partition coefficient (Wildman–Crippen LogP) is 1.83. The summed E-state index contributed by atoms with van der Waals surface area (Å²) in [4.78, 5) is 41.8. The van der Waals surface area contributed by atoms with E-state index in [0.29, 0.717) is 62.7 Å². The summed E-state index contributed by atoms with van der Waals surface area (Å²) in [7, 11) is 0. The number of ether oxygens (including phenoxy) is 2. The van der Waals surface area contributed by atoms with Crippen molar-refractivity contribution in [2.75, 3.05) is 37.7 Å². The maximum atomic E-state index is 13.0. The minimum atomic E-state index is -0.287. The van der Waals surface area contributed by atoms with E-state index in [1.807, 2.05) is 23.1 Å². The van der Waals surface area contributed by atoms with Gasteiger partial charge in [0.15, 0.2) is 11.5 Å². The number of aromatic nitrogens is 4. The molecule has 1 N–H and O–H groups in total. The lowest BCUT2D eigenvalue weighted by molar-refractivity contribution is -0.130. The van der Waals surface area contributed by atoms with Crippen LogP contribution in [0.4, 0.5) is 5.82 Å². The quantitative estimate of drug-likeness (QED) is 0.498. The molecule has 1 aromatic carbocycles. The molecule has 3 aromatic rings. The van der Waals surface area contributed by atoms with Crippen LogP contribution in [0.15, 0.2) is 43.0 Å². The third-order valence-corrected chi connectivity index (χ3v) is 6.34. The Morgan fingerprint density at radius 1 is 1.14 bits per heavy atom. The number of carbonyl (C=O) groups excluding carboxylic acids is 2. The molecule has 1 atom stereocenters. The number of benzene rings is 1. The van der Waals surface area contributed by atoms with Gasteiger partial charge in [-0.05, 0) is 17.7 Å². The van der Waals surface area contributed by atoms with Crippen molar-refractivity contribution in [1.29, 1.82) is 0 Å². The summed E-state index contributed by atoms with van der Waals surface area (Å²) >= 11 is 6.31. The zero-order valence-corrected chi connectivity index (χ0v) is 20.5. The Kier molecular flexibility index (Phi) is 6.90. The fraction of sp³-hybridized carbons (Fsp3) is 0.375. The van der Waals surface area contributed by atoms with Crippen LogP contribution in [0.1, 0.15) is 18.9 Å². The average Bonchev–Trinajstić information content (AvgIpc) is 3.42. The molecule has 2 aromatic heterocycles. The molecule has 11 nitrogen and oxygen atoms in total. The number of rotatable bonds is 6. The first-order chi connectivity index (χ1) is 17.5. The Hall–Kier alpha value is -3.86. The molecule has 0 aliphatic carbocycles. The van der Waals surface area contributed by atoms with Gasteiger partial charge in [0.25, 0.3) is 0 Å². The van der Waals surface area contributed by atoms with Crippen LogP contribution in [0.25, 0.3) is 5.95 Å². The van der Waals surface area contributed by atoms with E-state index < -0.39 is 0 Å². The second-order valence-electron chi connectivity index (χ2n) is 8.59. The summed E-state index contributed by atoms with van der Waals surface area (Å²) in [5, 5.41) is 3.25. The summed E-state index contributed by atoms with van der Waals surface area (Å²) < 4.78 is 12.8. The van der Waals surface area contributed by atoms with E-state index in [1.54, 1.807) is 34.3 Å². The number of imidazole rings is 1. The summed E-state index contributed by atoms with van der Waals surface area (Å²) in [5.41, 5.74) is 0.908. The van der Waals surface area contributed by atoms with Crippen LogP contribution in [0.3, 0.4) is 0 Å². The molecule has 0 radical (unpaired) electrons. The molecule has 1 fully saturated rings. The van der Waals surface area contributed by atoms with Gasteiger partial charge in [-0.2, -0.15) is 4.98 Å². The number of hydrogen-bond donors (Lipinski definition) is 1. The van der Waals surface area contributed by atoms with Crippen LogP contribution < -0.4 is 19.7 Å². The highest BCUT2D eigenvalue weighted by Crippen LogP contribution is 2.30. The van der Waals surface area contributed by atoms with Gasteiger partial charge in [0, 0.05) is 58.0 Å². The average molecular weight is 512 g/mol. The van der Waals surface area contributed by atoms with Crippen molar-refractivity contribution in [2.24, 2.45) is 0 Å². The van der Waals surface area contributed by atoms with Crippen molar-refractivity contribution in [3.63, 3.8) is 0 Å². The Morgan fingerprint density at radius 3 is 2.75 bits per heavy atom. The number of fused-ring (bicyclic) bond motifs is 1. The van der Waals surface area contributed by atoms with E-state index in [2.05, 4.69) is 20.3 Å². The van der Waals surface area contributed by atoms with Crippen LogP contribution in [0.2, 0.25) is 5.15 Å². The van der Waals surface area contributed by atoms with Gasteiger partial charge < -0.3 is 24.6 Å². The minimum absolute atomic E-state index is 0.0313. The smallest absolute Gasteiger partial charge is 0.238 e. The van der Waals surface area contributed by atoms with Gasteiger partial charge in [-0.1, -0.05) is 17.7 Å². The third-order valence-electron chi connectivity index (χ3n) is 6.14. The number of amides is 2. The highest BCUT2D eigenvalue weighted by atomic mass is 35.5. The molecule has 2 aliphatic rings. The summed E-state index contributed by atoms with van der Waals surface area (Å²) in [6.45, 7) is 4.34. The lowest BCUT2D eigenvalue weighted by atomic mass is 10.1.